The van der Waals surface area contributed by atoms with Gasteiger partial charge in [-0.2, -0.15) is 0 Å². The quantitative estimate of drug-likeness (QED) is 0.0299. The molecular weight excluding hydrogens is 1350 g/mol. The van der Waals surface area contributed by atoms with Crippen molar-refractivity contribution in [3.05, 3.63) is 184 Å². The molecule has 90 heavy (non-hydrogen) atoms. The van der Waals surface area contributed by atoms with Crippen LogP contribution in [0.1, 0.15) is 148 Å². The summed E-state index contributed by atoms with van der Waals surface area (Å²) in [5, 5.41) is 66.1. The van der Waals surface area contributed by atoms with Gasteiger partial charge in [-0.05, 0) is 145 Å². The maximum absolute atomic E-state index is 12.1. The van der Waals surface area contributed by atoms with E-state index in [-0.39, 0.29) is 92.0 Å². The number of aromatic carboxylic acids is 4. The van der Waals surface area contributed by atoms with Gasteiger partial charge >= 0.3 is 23.9 Å². The number of carbonyl (C=O) groups excluding carboxylic acids is 3. The average molecular weight is 1420 g/mol. The summed E-state index contributed by atoms with van der Waals surface area (Å²) in [6.07, 6.45) is 0. The number of nitrogens with one attached hydrogen (secondary N) is 2. The lowest BCUT2D eigenvalue weighted by Crippen LogP contribution is -2.22. The lowest BCUT2D eigenvalue weighted by Gasteiger charge is -2.07. The normalized spacial score (nSPS) is 10.4. The predicted molar refractivity (Wildman–Crippen MR) is 351 cm³/mol. The molecule has 11 N–H and O–H groups in total. The second-order valence-corrected chi connectivity index (χ2v) is 30.0. The smallest absolute Gasteiger partial charge is 0.345 e. The maximum Gasteiger partial charge on any atom is 0.345 e. The van der Waals surface area contributed by atoms with E-state index < -0.39 is 58.7 Å². The number of aromatic hydroxyl groups is 3. The number of phenols is 3. The zero-order chi connectivity index (χ0) is 66.9. The van der Waals surface area contributed by atoms with E-state index in [0.29, 0.717) is 48.2 Å². The summed E-state index contributed by atoms with van der Waals surface area (Å²) >= 11 is 5.15. The minimum Gasteiger partial charge on any atom is -0.508 e. The molecule has 490 valence electrons. The molecule has 0 radical (unpaired) electrons. The third kappa shape index (κ3) is 29.0. The van der Waals surface area contributed by atoms with Crippen LogP contribution in [0, 0.1) is 12.8 Å². The highest BCUT2D eigenvalue weighted by atomic mass is 35.7. The van der Waals surface area contributed by atoms with Gasteiger partial charge in [0.15, 0.2) is 17.3 Å². The van der Waals surface area contributed by atoms with Crippen molar-refractivity contribution in [1.82, 2.24) is 9.44 Å². The van der Waals surface area contributed by atoms with Crippen LogP contribution in [-0.2, 0) is 48.7 Å². The average Bonchev–Trinajstić information content (AvgIpc) is 4.42. The number of Topliss-reactive ketones (excluding diaryl/α,β-unsaturated/α-hetero) is 3. The number of thiophene rings is 5. The molecule has 5 heterocycles. The van der Waals surface area contributed by atoms with Gasteiger partial charge in [0.2, 0.25) is 20.0 Å². The van der Waals surface area contributed by atoms with Crippen molar-refractivity contribution >= 4 is 138 Å². The molecule has 32 heteroatoms. The predicted octanol–water partition coefficient (Wildman–Crippen LogP) is 12.5. The van der Waals surface area contributed by atoms with Crippen molar-refractivity contribution in [3.63, 3.8) is 0 Å². The number of hydrogen-bond acceptors (Lipinski definition) is 22. The Balaban J connectivity index is 0.00000108. The lowest BCUT2D eigenvalue weighted by molar-refractivity contribution is 0.0682. The van der Waals surface area contributed by atoms with Crippen LogP contribution in [0.5, 0.6) is 17.2 Å². The van der Waals surface area contributed by atoms with Gasteiger partial charge < -0.3 is 41.5 Å². The molecule has 0 saturated heterocycles. The molecule has 0 saturated carbocycles. The van der Waals surface area contributed by atoms with Crippen LogP contribution >= 0.6 is 67.4 Å². The Bertz CT molecular complexity index is 3980. The van der Waals surface area contributed by atoms with Crippen molar-refractivity contribution in [2.45, 2.75) is 95.6 Å². The zero-order valence-electron chi connectivity index (χ0n) is 47.5. The molecule has 0 unspecified atom stereocenters. The van der Waals surface area contributed by atoms with E-state index in [1.165, 1.54) is 109 Å². The van der Waals surface area contributed by atoms with Crippen molar-refractivity contribution in [3.8, 4) is 17.2 Å². The molecule has 0 bridgehead atoms. The number of halogens is 1. The summed E-state index contributed by atoms with van der Waals surface area (Å²) in [5.41, 5.74) is 7.29. The Labute approximate surface area is 545 Å². The van der Waals surface area contributed by atoms with E-state index in [2.05, 4.69) is 30.2 Å². The number of benzene rings is 3. The standard InChI is InChI=1S/C14H13NO6S2.C13H13NO5S2.C8H9NO3.C6H5ClO3S2.C6H6OS.C5H4O2S.C4H10.2CH4/c1-8(16)12-4-5-13(22-12)23(20,21)15-7-9-2-3-11(17)10(6-9)14(18)19;1-8-6-9(2-3-10(8)15)7-14-21(18,19)12-5-4-11(20-12)13(16)17;9-4-5-1-2-7(10)6(3-5)8(11)12;1-4(8)5-2-3-6(11-5)12(7,9)10;1-5(7)6-3-2-4-8-6;6-5(7)4-2-1-3-8-4;1-4(2)3;;/h2-6,15,17H,7H2,1H3,(H,18,19);2-6,14-15H,7H2,1H3,(H,16,17);1-3,10H,4,9H2,(H,11,12);2-3H,1H3;2-4H,1H3;1-3H,(H,6,7);4H,1-3H3;2*1H4. The number of hydrogen-bond donors (Lipinski definition) is 10. The van der Waals surface area contributed by atoms with Crippen molar-refractivity contribution in [1.29, 1.82) is 0 Å². The fourth-order valence-electron chi connectivity index (χ4n) is 5.83. The van der Waals surface area contributed by atoms with E-state index in [4.69, 9.17) is 41.9 Å². The zero-order valence-corrected chi connectivity index (χ0v) is 54.8. The maximum atomic E-state index is 12.1. The number of carbonyl (C=O) groups is 7. The molecule has 0 spiro atoms. The van der Waals surface area contributed by atoms with Gasteiger partial charge in [-0.1, -0.05) is 72.0 Å². The van der Waals surface area contributed by atoms with Gasteiger partial charge in [-0.15, -0.1) is 56.7 Å². The highest BCUT2D eigenvalue weighted by Gasteiger charge is 2.21. The first kappa shape index (κ1) is 82.5. The van der Waals surface area contributed by atoms with Gasteiger partial charge in [0.25, 0.3) is 9.05 Å². The number of sulfonamides is 2. The SMILES string of the molecule is C.C.CC(=O)c1ccc(S(=O)(=O)Cl)s1.CC(=O)c1ccc(S(=O)(=O)NCc2ccc(O)c(C(=O)O)c2)s1.CC(=O)c1cccs1.CC(C)C.Cc1cc(CNS(=O)(=O)c2ccc(C(=O)O)s2)ccc1O.NCc1ccc(O)c(C(=O)O)c1.O=C(O)c1cccs1. The first-order valence-electron chi connectivity index (χ1n) is 24.8. The molecule has 0 fully saturated rings. The largest absolute Gasteiger partial charge is 0.508 e. The topological polar surface area (TPSA) is 414 Å². The van der Waals surface area contributed by atoms with Crippen molar-refractivity contribution in [2.75, 3.05) is 0 Å². The van der Waals surface area contributed by atoms with Crippen LogP contribution in [0.15, 0.2) is 139 Å². The molecule has 8 rings (SSSR count). The molecule has 5 aromatic heterocycles. The third-order valence-electron chi connectivity index (χ3n) is 10.0. The molecule has 0 aliphatic rings. The number of nitrogens with two attached hydrogens (primary N) is 1. The third-order valence-corrected chi connectivity index (χ3v) is 21.2. The summed E-state index contributed by atoms with van der Waals surface area (Å²) in [7, 11) is -6.19. The summed E-state index contributed by atoms with van der Waals surface area (Å²) in [5.74, 6) is -4.35. The van der Waals surface area contributed by atoms with Gasteiger partial charge in [-0.25, -0.2) is 53.9 Å². The van der Waals surface area contributed by atoms with Crippen molar-refractivity contribution in [2.24, 2.45) is 11.7 Å². The Kier molecular flexibility index (Phi) is 35.6. The molecule has 0 amide bonds. The lowest BCUT2D eigenvalue weighted by atomic mass is 10.1. The summed E-state index contributed by atoms with van der Waals surface area (Å²) in [6.45, 7) is 12.7. The molecule has 0 atom stereocenters. The molecule has 8 aromatic rings. The van der Waals surface area contributed by atoms with Gasteiger partial charge in [-0.3, -0.25) is 14.4 Å². The van der Waals surface area contributed by atoms with Gasteiger partial charge in [0, 0.05) is 30.3 Å². The van der Waals surface area contributed by atoms with Crippen LogP contribution in [0.25, 0.3) is 0 Å². The number of ketones is 3. The van der Waals surface area contributed by atoms with E-state index in [9.17, 15) is 69.0 Å². The van der Waals surface area contributed by atoms with Crippen LogP contribution in [0.4, 0.5) is 0 Å². The minimum absolute atomic E-state index is 0. The van der Waals surface area contributed by atoms with E-state index in [0.717, 1.165) is 33.5 Å². The monoisotopic (exact) mass is 1420 g/mol. The summed E-state index contributed by atoms with van der Waals surface area (Å²) in [4.78, 5) is 76.7. The van der Waals surface area contributed by atoms with Crippen LogP contribution < -0.4 is 15.2 Å². The van der Waals surface area contributed by atoms with Crippen LogP contribution in [-0.4, -0.2) is 102 Å². The molecule has 3 aromatic carbocycles. The number of rotatable bonds is 17. The number of carboxylic acid groups (broad SMARTS) is 4. The molecule has 0 aliphatic heterocycles. The fraction of sp³-hybridized carbons (Fsp3) is 0.224. The molecule has 0 aliphatic carbocycles. The number of phenolic OH excluding ortho intramolecular Hbond substituents is 1. The summed E-state index contributed by atoms with van der Waals surface area (Å²) in [6, 6.07) is 27.9. The first-order valence-corrected chi connectivity index (χ1v) is 34.3. The Morgan fingerprint density at radius 2 is 0.822 bits per heavy atom. The highest BCUT2D eigenvalue weighted by Crippen LogP contribution is 2.27. The Morgan fingerprint density at radius 3 is 1.12 bits per heavy atom. The van der Waals surface area contributed by atoms with Crippen LogP contribution in [0.2, 0.25) is 0 Å². The van der Waals surface area contributed by atoms with Crippen LogP contribution in [0.3, 0.4) is 0 Å². The van der Waals surface area contributed by atoms with Gasteiger partial charge in [0.05, 0.1) is 14.6 Å². The minimum atomic E-state index is -3.81. The molecule has 23 nitrogen and oxygen atoms in total. The Morgan fingerprint density at radius 1 is 0.478 bits per heavy atom. The Hall–Kier alpha value is -7.53. The van der Waals surface area contributed by atoms with Crippen molar-refractivity contribution < 1.29 is 94.6 Å². The van der Waals surface area contributed by atoms with E-state index in [1.807, 2.05) is 17.5 Å². The first-order chi connectivity index (χ1) is 40.9. The number of aryl methyl sites for hydroxylation is 1. The van der Waals surface area contributed by atoms with Gasteiger partial charge in [0.1, 0.15) is 50.8 Å². The number of carboxylic acids is 4. The summed E-state index contributed by atoms with van der Waals surface area (Å²) < 4.78 is 74.6. The second-order valence-electron chi connectivity index (χ2n) is 18.0. The van der Waals surface area contributed by atoms with E-state index in [1.54, 1.807) is 49.6 Å². The molecular formula is C58H68ClN3O20S8. The van der Waals surface area contributed by atoms with E-state index >= 15 is 0 Å². The second kappa shape index (κ2) is 38.9. The fourth-order valence-corrected chi connectivity index (χ4v) is 13.5. The highest BCUT2D eigenvalue weighted by molar-refractivity contribution is 8.15.